The van der Waals surface area contributed by atoms with Crippen LogP contribution in [0.3, 0.4) is 0 Å². The van der Waals surface area contributed by atoms with Crippen LogP contribution >= 0.6 is 0 Å². The molecule has 0 radical (unpaired) electrons. The van der Waals surface area contributed by atoms with Crippen molar-refractivity contribution in [2.75, 3.05) is 39.4 Å². The maximum Gasteiger partial charge on any atom is 0.237 e. The van der Waals surface area contributed by atoms with E-state index in [2.05, 4.69) is 22.5 Å². The second kappa shape index (κ2) is 7.07. The van der Waals surface area contributed by atoms with Crippen LogP contribution in [0.5, 0.6) is 0 Å². The number of piperidine rings is 1. The van der Waals surface area contributed by atoms with E-state index in [0.29, 0.717) is 0 Å². The molecular formula is C13H25N3O2. The van der Waals surface area contributed by atoms with Crippen LogP contribution in [-0.2, 0) is 9.53 Å². The SMILES string of the molecule is CC(CN1CCOCC1)NC(=O)[C@@H]1CCCCN1. The average Bonchev–Trinajstić information content (AvgIpc) is 2.40. The molecule has 2 rings (SSSR count). The van der Waals surface area contributed by atoms with E-state index in [1.807, 2.05) is 0 Å². The Labute approximate surface area is 109 Å². The van der Waals surface area contributed by atoms with Crippen LogP contribution in [0.25, 0.3) is 0 Å². The predicted molar refractivity (Wildman–Crippen MR) is 70.5 cm³/mol. The standard InChI is InChI=1S/C13H25N3O2/c1-11(10-16-6-8-18-9-7-16)15-13(17)12-4-2-3-5-14-12/h11-12,14H,2-10H2,1H3,(H,15,17)/t11?,12-/m0/s1. The van der Waals surface area contributed by atoms with Gasteiger partial charge in [0.1, 0.15) is 0 Å². The van der Waals surface area contributed by atoms with E-state index in [1.165, 1.54) is 6.42 Å². The number of carbonyl (C=O) groups excluding carboxylic acids is 1. The van der Waals surface area contributed by atoms with E-state index in [9.17, 15) is 4.79 Å². The summed E-state index contributed by atoms with van der Waals surface area (Å²) in [5.74, 6) is 0.162. The number of hydrogen-bond donors (Lipinski definition) is 2. The van der Waals surface area contributed by atoms with E-state index < -0.39 is 0 Å². The largest absolute Gasteiger partial charge is 0.379 e. The number of rotatable bonds is 4. The zero-order chi connectivity index (χ0) is 12.8. The molecule has 1 amide bonds. The van der Waals surface area contributed by atoms with Gasteiger partial charge in [-0.25, -0.2) is 0 Å². The number of morpholine rings is 1. The highest BCUT2D eigenvalue weighted by Crippen LogP contribution is 2.07. The Morgan fingerprint density at radius 1 is 1.44 bits per heavy atom. The summed E-state index contributed by atoms with van der Waals surface area (Å²) in [5, 5.41) is 6.40. The molecule has 1 unspecified atom stereocenters. The number of nitrogens with zero attached hydrogens (tertiary/aromatic N) is 1. The normalized spacial score (nSPS) is 27.7. The first-order valence-corrected chi connectivity index (χ1v) is 7.09. The molecule has 2 heterocycles. The van der Waals surface area contributed by atoms with Crippen molar-refractivity contribution < 1.29 is 9.53 Å². The van der Waals surface area contributed by atoms with E-state index >= 15 is 0 Å². The fraction of sp³-hybridized carbons (Fsp3) is 0.923. The van der Waals surface area contributed by atoms with Crippen molar-refractivity contribution in [1.29, 1.82) is 0 Å². The lowest BCUT2D eigenvalue weighted by atomic mass is 10.0. The minimum absolute atomic E-state index is 0.0193. The molecule has 0 spiro atoms. The Morgan fingerprint density at radius 3 is 2.89 bits per heavy atom. The molecule has 2 aliphatic rings. The molecule has 0 aromatic rings. The quantitative estimate of drug-likeness (QED) is 0.740. The Bertz CT molecular complexity index is 261. The zero-order valence-electron chi connectivity index (χ0n) is 11.3. The minimum Gasteiger partial charge on any atom is -0.379 e. The molecule has 2 saturated heterocycles. The van der Waals surface area contributed by atoms with Crippen molar-refractivity contribution in [3.63, 3.8) is 0 Å². The lowest BCUT2D eigenvalue weighted by molar-refractivity contribution is -0.124. The molecule has 0 bridgehead atoms. The van der Waals surface area contributed by atoms with Crippen molar-refractivity contribution >= 4 is 5.91 Å². The van der Waals surface area contributed by atoms with Gasteiger partial charge < -0.3 is 15.4 Å². The van der Waals surface area contributed by atoms with Crippen molar-refractivity contribution in [3.8, 4) is 0 Å². The van der Waals surface area contributed by atoms with Gasteiger partial charge in [-0.1, -0.05) is 6.42 Å². The third kappa shape index (κ3) is 4.23. The van der Waals surface area contributed by atoms with Gasteiger partial charge in [0.25, 0.3) is 0 Å². The van der Waals surface area contributed by atoms with Gasteiger partial charge in [0.2, 0.25) is 5.91 Å². The summed E-state index contributed by atoms with van der Waals surface area (Å²) in [7, 11) is 0. The molecule has 2 N–H and O–H groups in total. The molecule has 0 aromatic carbocycles. The highest BCUT2D eigenvalue weighted by molar-refractivity contribution is 5.82. The molecule has 2 aliphatic heterocycles. The Kier molecular flexibility index (Phi) is 5.41. The first kappa shape index (κ1) is 13.8. The monoisotopic (exact) mass is 255 g/mol. The maximum absolute atomic E-state index is 12.0. The highest BCUT2D eigenvalue weighted by Gasteiger charge is 2.22. The second-order valence-electron chi connectivity index (χ2n) is 5.33. The Hall–Kier alpha value is -0.650. The summed E-state index contributed by atoms with van der Waals surface area (Å²) in [6, 6.07) is 0.227. The molecule has 104 valence electrons. The minimum atomic E-state index is 0.0193. The summed E-state index contributed by atoms with van der Waals surface area (Å²) in [5.41, 5.74) is 0. The fourth-order valence-electron chi connectivity index (χ4n) is 2.64. The molecule has 18 heavy (non-hydrogen) atoms. The van der Waals surface area contributed by atoms with Crippen molar-refractivity contribution in [1.82, 2.24) is 15.5 Å². The Morgan fingerprint density at radius 2 is 2.22 bits per heavy atom. The van der Waals surface area contributed by atoms with E-state index in [4.69, 9.17) is 4.74 Å². The molecule has 2 fully saturated rings. The van der Waals surface area contributed by atoms with Gasteiger partial charge in [-0.05, 0) is 26.3 Å². The first-order valence-electron chi connectivity index (χ1n) is 7.09. The topological polar surface area (TPSA) is 53.6 Å². The number of hydrogen-bond acceptors (Lipinski definition) is 4. The van der Waals surface area contributed by atoms with Crippen LogP contribution in [0.2, 0.25) is 0 Å². The smallest absolute Gasteiger partial charge is 0.237 e. The van der Waals surface area contributed by atoms with Crippen LogP contribution in [0, 0.1) is 0 Å². The number of carbonyl (C=O) groups is 1. The lowest BCUT2D eigenvalue weighted by Crippen LogP contribution is -2.52. The van der Waals surface area contributed by atoms with Crippen LogP contribution in [0.4, 0.5) is 0 Å². The van der Waals surface area contributed by atoms with Crippen LogP contribution in [0.1, 0.15) is 26.2 Å². The summed E-state index contributed by atoms with van der Waals surface area (Å²) < 4.78 is 5.32. The first-order chi connectivity index (χ1) is 8.75. The van der Waals surface area contributed by atoms with Crippen molar-refractivity contribution in [2.24, 2.45) is 0 Å². The van der Waals surface area contributed by atoms with Gasteiger partial charge in [-0.3, -0.25) is 9.69 Å². The van der Waals surface area contributed by atoms with Gasteiger partial charge in [0.05, 0.1) is 19.3 Å². The molecule has 0 saturated carbocycles. The van der Waals surface area contributed by atoms with Crippen molar-refractivity contribution in [2.45, 2.75) is 38.3 Å². The number of amides is 1. The van der Waals surface area contributed by atoms with Gasteiger partial charge in [-0.2, -0.15) is 0 Å². The van der Waals surface area contributed by atoms with E-state index in [1.54, 1.807) is 0 Å². The molecular weight excluding hydrogens is 230 g/mol. The predicted octanol–water partition coefficient (Wildman–Crippen LogP) is -0.0346. The molecule has 0 aromatic heterocycles. The van der Waals surface area contributed by atoms with Crippen LogP contribution in [0.15, 0.2) is 0 Å². The fourth-order valence-corrected chi connectivity index (χ4v) is 2.64. The van der Waals surface area contributed by atoms with Crippen LogP contribution in [-0.4, -0.2) is 62.3 Å². The molecule has 5 heteroatoms. The average molecular weight is 255 g/mol. The number of nitrogens with one attached hydrogen (secondary N) is 2. The second-order valence-corrected chi connectivity index (χ2v) is 5.33. The zero-order valence-corrected chi connectivity index (χ0v) is 11.3. The van der Waals surface area contributed by atoms with Gasteiger partial charge in [-0.15, -0.1) is 0 Å². The third-order valence-corrected chi connectivity index (χ3v) is 3.65. The summed E-state index contributed by atoms with van der Waals surface area (Å²) in [4.78, 5) is 14.4. The lowest BCUT2D eigenvalue weighted by Gasteiger charge is -2.30. The van der Waals surface area contributed by atoms with E-state index in [-0.39, 0.29) is 18.0 Å². The van der Waals surface area contributed by atoms with Gasteiger partial charge in [0, 0.05) is 25.7 Å². The molecule has 0 aliphatic carbocycles. The summed E-state index contributed by atoms with van der Waals surface area (Å²) >= 11 is 0. The Balaban J connectivity index is 1.68. The van der Waals surface area contributed by atoms with Crippen LogP contribution < -0.4 is 10.6 Å². The van der Waals surface area contributed by atoms with Gasteiger partial charge in [0.15, 0.2) is 0 Å². The summed E-state index contributed by atoms with van der Waals surface area (Å²) in [6.45, 7) is 7.54. The highest BCUT2D eigenvalue weighted by atomic mass is 16.5. The molecule has 5 nitrogen and oxygen atoms in total. The van der Waals surface area contributed by atoms with Gasteiger partial charge >= 0.3 is 0 Å². The van der Waals surface area contributed by atoms with E-state index in [0.717, 1.165) is 52.2 Å². The maximum atomic E-state index is 12.0. The number of ether oxygens (including phenoxy) is 1. The van der Waals surface area contributed by atoms with Crippen molar-refractivity contribution in [3.05, 3.63) is 0 Å². The summed E-state index contributed by atoms with van der Waals surface area (Å²) in [6.07, 6.45) is 3.31. The molecule has 2 atom stereocenters. The third-order valence-electron chi connectivity index (χ3n) is 3.65.